The van der Waals surface area contributed by atoms with Crippen LogP contribution in [-0.4, -0.2) is 18.7 Å². The molecule has 2 aliphatic heterocycles. The van der Waals surface area contributed by atoms with Crippen LogP contribution in [0.25, 0.3) is 0 Å². The smallest absolute Gasteiger partial charge is 0.108 e. The fraction of sp³-hybridized carbons (Fsp3) is 0.500. The van der Waals surface area contributed by atoms with Crippen LogP contribution in [0.2, 0.25) is 10.0 Å². The normalized spacial score (nSPS) is 36.9. The fourth-order valence-corrected chi connectivity index (χ4v) is 3.02. The van der Waals surface area contributed by atoms with E-state index in [1.54, 1.807) is 0 Å². The number of halogens is 2. The molecular formula is C12H13Cl2NO. The molecule has 0 spiro atoms. The Hall–Kier alpha value is -0.280. The van der Waals surface area contributed by atoms with Crippen LogP contribution in [-0.2, 0) is 10.3 Å². The third-order valence-corrected chi connectivity index (χ3v) is 4.36. The van der Waals surface area contributed by atoms with Crippen molar-refractivity contribution in [3.63, 3.8) is 0 Å². The Morgan fingerprint density at radius 2 is 2.19 bits per heavy atom. The van der Waals surface area contributed by atoms with Gasteiger partial charge in [-0.15, -0.1) is 0 Å². The van der Waals surface area contributed by atoms with Crippen LogP contribution in [0.4, 0.5) is 0 Å². The van der Waals surface area contributed by atoms with Gasteiger partial charge in [0.25, 0.3) is 0 Å². The number of hydrogen-bond acceptors (Lipinski definition) is 2. The van der Waals surface area contributed by atoms with Crippen LogP contribution in [0.15, 0.2) is 18.2 Å². The van der Waals surface area contributed by atoms with Gasteiger partial charge in [-0.05, 0) is 31.0 Å². The molecule has 3 atom stereocenters. The molecule has 3 unspecified atom stereocenters. The SMILES string of the molecule is CC1OC2(c3ccc(Cl)c(Cl)c3)CNC1C2. The first-order valence-electron chi connectivity index (χ1n) is 5.47. The topological polar surface area (TPSA) is 21.3 Å². The van der Waals surface area contributed by atoms with Crippen molar-refractivity contribution in [2.24, 2.45) is 0 Å². The molecule has 4 heteroatoms. The highest BCUT2D eigenvalue weighted by Crippen LogP contribution is 2.44. The first-order chi connectivity index (χ1) is 7.61. The molecule has 86 valence electrons. The zero-order chi connectivity index (χ0) is 11.3. The molecule has 2 fully saturated rings. The molecular weight excluding hydrogens is 245 g/mol. The lowest BCUT2D eigenvalue weighted by Gasteiger charge is -2.30. The second-order valence-electron chi connectivity index (χ2n) is 4.64. The minimum atomic E-state index is -0.196. The number of nitrogens with one attached hydrogen (secondary N) is 1. The molecule has 3 rings (SSSR count). The Balaban J connectivity index is 2.00. The molecule has 0 amide bonds. The van der Waals surface area contributed by atoms with Crippen molar-refractivity contribution < 1.29 is 4.74 Å². The van der Waals surface area contributed by atoms with Crippen molar-refractivity contribution in [3.8, 4) is 0 Å². The molecule has 2 aliphatic rings. The molecule has 0 radical (unpaired) electrons. The third kappa shape index (κ3) is 1.48. The molecule has 2 heterocycles. The van der Waals surface area contributed by atoms with Crippen LogP contribution in [0.3, 0.4) is 0 Å². The molecule has 2 nitrogen and oxygen atoms in total. The Kier molecular flexibility index (Phi) is 2.44. The molecule has 2 saturated heterocycles. The summed E-state index contributed by atoms with van der Waals surface area (Å²) in [6, 6.07) is 6.24. The van der Waals surface area contributed by atoms with Gasteiger partial charge in [0.2, 0.25) is 0 Å². The van der Waals surface area contributed by atoms with Gasteiger partial charge in [-0.25, -0.2) is 0 Å². The van der Waals surface area contributed by atoms with Gasteiger partial charge >= 0.3 is 0 Å². The number of ether oxygens (including phenoxy) is 1. The van der Waals surface area contributed by atoms with Gasteiger partial charge in [-0.3, -0.25) is 0 Å². The Morgan fingerprint density at radius 3 is 2.75 bits per heavy atom. The van der Waals surface area contributed by atoms with Crippen LogP contribution in [0.1, 0.15) is 18.9 Å². The standard InChI is InChI=1S/C12H13Cl2NO/c1-7-11-5-12(16-7,6-15-11)8-2-3-9(13)10(14)4-8/h2-4,7,11,15H,5-6H2,1H3. The number of fused-ring (bicyclic) bond motifs is 2. The molecule has 2 bridgehead atoms. The van der Waals surface area contributed by atoms with E-state index in [0.29, 0.717) is 16.1 Å². The van der Waals surface area contributed by atoms with Gasteiger partial charge in [0.05, 0.1) is 16.1 Å². The van der Waals surface area contributed by atoms with E-state index in [9.17, 15) is 0 Å². The summed E-state index contributed by atoms with van der Waals surface area (Å²) in [5, 5.41) is 4.67. The quantitative estimate of drug-likeness (QED) is 0.836. The van der Waals surface area contributed by atoms with Crippen LogP contribution in [0.5, 0.6) is 0 Å². The fourth-order valence-electron chi connectivity index (χ4n) is 2.72. The molecule has 1 N–H and O–H groups in total. The highest BCUT2D eigenvalue weighted by atomic mass is 35.5. The van der Waals surface area contributed by atoms with Crippen molar-refractivity contribution in [1.82, 2.24) is 5.32 Å². The maximum absolute atomic E-state index is 6.06. The highest BCUT2D eigenvalue weighted by Gasteiger charge is 2.51. The third-order valence-electron chi connectivity index (χ3n) is 3.62. The summed E-state index contributed by atoms with van der Waals surface area (Å²) in [4.78, 5) is 0. The summed E-state index contributed by atoms with van der Waals surface area (Å²) in [5.41, 5.74) is 0.930. The van der Waals surface area contributed by atoms with Crippen molar-refractivity contribution >= 4 is 23.2 Å². The first-order valence-corrected chi connectivity index (χ1v) is 6.23. The molecule has 16 heavy (non-hydrogen) atoms. The van der Waals surface area contributed by atoms with Crippen LogP contribution in [0, 0.1) is 0 Å². The van der Waals surface area contributed by atoms with E-state index >= 15 is 0 Å². The monoisotopic (exact) mass is 257 g/mol. The summed E-state index contributed by atoms with van der Waals surface area (Å²) in [7, 11) is 0. The van der Waals surface area contributed by atoms with Crippen molar-refractivity contribution in [1.29, 1.82) is 0 Å². The van der Waals surface area contributed by atoms with Gasteiger partial charge in [0.15, 0.2) is 0 Å². The number of benzene rings is 1. The van der Waals surface area contributed by atoms with Gasteiger partial charge < -0.3 is 10.1 Å². The summed E-state index contributed by atoms with van der Waals surface area (Å²) < 4.78 is 6.06. The summed E-state index contributed by atoms with van der Waals surface area (Å²) >= 11 is 12.0. The largest absolute Gasteiger partial charge is 0.364 e. The predicted octanol–water partition coefficient (Wildman–Crippen LogP) is 2.97. The van der Waals surface area contributed by atoms with Gasteiger partial charge in [0, 0.05) is 12.6 Å². The Labute approximate surface area is 105 Å². The van der Waals surface area contributed by atoms with E-state index in [2.05, 4.69) is 12.2 Å². The average Bonchev–Trinajstić information content (AvgIpc) is 2.80. The Morgan fingerprint density at radius 1 is 1.38 bits per heavy atom. The second-order valence-corrected chi connectivity index (χ2v) is 5.45. The van der Waals surface area contributed by atoms with Crippen LogP contribution >= 0.6 is 23.2 Å². The predicted molar refractivity (Wildman–Crippen MR) is 65.1 cm³/mol. The summed E-state index contributed by atoms with van der Waals surface area (Å²) in [6.07, 6.45) is 1.29. The molecule has 1 aromatic rings. The number of hydrogen-bond donors (Lipinski definition) is 1. The zero-order valence-electron chi connectivity index (χ0n) is 8.97. The second kappa shape index (κ2) is 3.61. The number of rotatable bonds is 1. The van der Waals surface area contributed by atoms with E-state index in [0.717, 1.165) is 18.5 Å². The van der Waals surface area contributed by atoms with Crippen molar-refractivity contribution in [3.05, 3.63) is 33.8 Å². The maximum atomic E-state index is 6.06. The van der Waals surface area contributed by atoms with Gasteiger partial charge in [-0.1, -0.05) is 29.3 Å². The maximum Gasteiger partial charge on any atom is 0.108 e. The first kappa shape index (κ1) is 10.8. The van der Waals surface area contributed by atoms with Crippen molar-refractivity contribution in [2.45, 2.75) is 31.1 Å². The lowest BCUT2D eigenvalue weighted by Crippen LogP contribution is -2.42. The molecule has 0 aromatic heterocycles. The van der Waals surface area contributed by atoms with E-state index in [1.165, 1.54) is 0 Å². The molecule has 0 aliphatic carbocycles. The average molecular weight is 258 g/mol. The van der Waals surface area contributed by atoms with E-state index in [4.69, 9.17) is 27.9 Å². The summed E-state index contributed by atoms with van der Waals surface area (Å²) in [6.45, 7) is 2.97. The van der Waals surface area contributed by atoms with Crippen molar-refractivity contribution in [2.75, 3.05) is 6.54 Å². The van der Waals surface area contributed by atoms with Crippen LogP contribution < -0.4 is 5.32 Å². The van der Waals surface area contributed by atoms with E-state index in [-0.39, 0.29) is 11.7 Å². The van der Waals surface area contributed by atoms with E-state index in [1.807, 2.05) is 18.2 Å². The summed E-state index contributed by atoms with van der Waals surface area (Å²) in [5.74, 6) is 0. The lowest BCUT2D eigenvalue weighted by atomic mass is 9.93. The minimum Gasteiger partial charge on any atom is -0.364 e. The van der Waals surface area contributed by atoms with Gasteiger partial charge in [0.1, 0.15) is 5.60 Å². The Bertz CT molecular complexity index is 433. The number of morpholine rings is 1. The zero-order valence-corrected chi connectivity index (χ0v) is 10.5. The van der Waals surface area contributed by atoms with Gasteiger partial charge in [-0.2, -0.15) is 0 Å². The molecule has 1 aromatic carbocycles. The van der Waals surface area contributed by atoms with E-state index < -0.39 is 0 Å². The lowest BCUT2D eigenvalue weighted by molar-refractivity contribution is -0.0548. The molecule has 0 saturated carbocycles. The minimum absolute atomic E-state index is 0.196. The highest BCUT2D eigenvalue weighted by molar-refractivity contribution is 6.42.